The Labute approximate surface area is 135 Å². The lowest BCUT2D eigenvalue weighted by atomic mass is 9.85. The Morgan fingerprint density at radius 2 is 1.23 bits per heavy atom. The number of ether oxygens (including phenoxy) is 2. The highest BCUT2D eigenvalue weighted by molar-refractivity contribution is 6.00. The van der Waals surface area contributed by atoms with E-state index in [9.17, 15) is 9.59 Å². The van der Waals surface area contributed by atoms with Crippen LogP contribution in [0.25, 0.3) is 0 Å². The lowest BCUT2D eigenvalue weighted by Crippen LogP contribution is -2.21. The summed E-state index contributed by atoms with van der Waals surface area (Å²) in [6.07, 6.45) is 3.35. The van der Waals surface area contributed by atoms with Gasteiger partial charge in [0.25, 0.3) is 0 Å². The molecule has 4 nitrogen and oxygen atoms in total. The highest BCUT2D eigenvalue weighted by Crippen LogP contribution is 2.29. The molecular formula is C18H32O4. The van der Waals surface area contributed by atoms with Crippen LogP contribution in [0.3, 0.4) is 0 Å². The number of esters is 2. The van der Waals surface area contributed by atoms with Crippen LogP contribution in [0.2, 0.25) is 0 Å². The third-order valence-corrected chi connectivity index (χ3v) is 2.94. The first-order valence-corrected chi connectivity index (χ1v) is 8.33. The lowest BCUT2D eigenvalue weighted by molar-refractivity contribution is -0.142. The molecule has 0 spiro atoms. The van der Waals surface area contributed by atoms with Gasteiger partial charge in [0.15, 0.2) is 0 Å². The van der Waals surface area contributed by atoms with Crippen molar-refractivity contribution >= 4 is 11.9 Å². The first-order valence-electron chi connectivity index (χ1n) is 8.33. The SMILES string of the molecule is CCCOC(=O)C(CCC)=C(CC(C)(C)C)C(=O)OCCC. The van der Waals surface area contributed by atoms with E-state index in [0.29, 0.717) is 37.2 Å². The van der Waals surface area contributed by atoms with E-state index in [4.69, 9.17) is 9.47 Å². The van der Waals surface area contributed by atoms with Gasteiger partial charge >= 0.3 is 11.9 Å². The molecular weight excluding hydrogens is 280 g/mol. The summed E-state index contributed by atoms with van der Waals surface area (Å²) >= 11 is 0. The number of hydrogen-bond donors (Lipinski definition) is 0. The van der Waals surface area contributed by atoms with Gasteiger partial charge in [0, 0.05) is 11.1 Å². The zero-order valence-corrected chi connectivity index (χ0v) is 15.1. The smallest absolute Gasteiger partial charge is 0.334 e. The van der Waals surface area contributed by atoms with Gasteiger partial charge < -0.3 is 9.47 Å². The summed E-state index contributed by atoms with van der Waals surface area (Å²) in [6, 6.07) is 0. The van der Waals surface area contributed by atoms with Crippen LogP contribution in [0.5, 0.6) is 0 Å². The normalized spacial score (nSPS) is 12.6. The van der Waals surface area contributed by atoms with Crippen molar-refractivity contribution in [2.45, 2.75) is 73.6 Å². The summed E-state index contributed by atoms with van der Waals surface area (Å²) in [5.74, 6) is -0.759. The zero-order valence-electron chi connectivity index (χ0n) is 15.1. The Morgan fingerprint density at radius 1 is 0.773 bits per heavy atom. The van der Waals surface area contributed by atoms with Crippen molar-refractivity contribution in [3.63, 3.8) is 0 Å². The molecule has 0 N–H and O–H groups in total. The highest BCUT2D eigenvalue weighted by Gasteiger charge is 2.26. The van der Waals surface area contributed by atoms with Gasteiger partial charge in [-0.15, -0.1) is 0 Å². The minimum atomic E-state index is -0.381. The number of carbonyl (C=O) groups is 2. The van der Waals surface area contributed by atoms with E-state index in [1.165, 1.54) is 0 Å². The first-order chi connectivity index (χ1) is 10.3. The predicted octanol–water partition coefficient (Wildman–Crippen LogP) is 4.43. The van der Waals surface area contributed by atoms with Crippen molar-refractivity contribution in [1.82, 2.24) is 0 Å². The minimum absolute atomic E-state index is 0.107. The first kappa shape index (κ1) is 20.7. The zero-order chi connectivity index (χ0) is 17.2. The van der Waals surface area contributed by atoms with E-state index in [0.717, 1.165) is 19.3 Å². The molecule has 0 amide bonds. The molecule has 0 atom stereocenters. The molecule has 0 rings (SSSR count). The van der Waals surface area contributed by atoms with E-state index < -0.39 is 0 Å². The maximum atomic E-state index is 12.4. The number of rotatable bonds is 9. The molecule has 0 heterocycles. The summed E-state index contributed by atoms with van der Waals surface area (Å²) in [5.41, 5.74) is 0.848. The fourth-order valence-corrected chi connectivity index (χ4v) is 2.02. The molecule has 128 valence electrons. The molecule has 22 heavy (non-hydrogen) atoms. The summed E-state index contributed by atoms with van der Waals surface area (Å²) in [4.78, 5) is 24.7. The van der Waals surface area contributed by atoms with Crippen molar-refractivity contribution in [2.75, 3.05) is 13.2 Å². The number of carbonyl (C=O) groups excluding carboxylic acids is 2. The Morgan fingerprint density at radius 3 is 1.59 bits per heavy atom. The second-order valence-corrected chi connectivity index (χ2v) is 6.72. The van der Waals surface area contributed by atoms with Crippen LogP contribution in [-0.4, -0.2) is 25.2 Å². The summed E-state index contributed by atoms with van der Waals surface area (Å²) in [7, 11) is 0. The van der Waals surface area contributed by atoms with E-state index in [-0.39, 0.29) is 17.4 Å². The van der Waals surface area contributed by atoms with Gasteiger partial charge in [-0.3, -0.25) is 0 Å². The fraction of sp³-hybridized carbons (Fsp3) is 0.778. The van der Waals surface area contributed by atoms with Gasteiger partial charge in [0.1, 0.15) is 0 Å². The van der Waals surface area contributed by atoms with Crippen LogP contribution in [0.15, 0.2) is 11.1 Å². The van der Waals surface area contributed by atoms with E-state index in [1.54, 1.807) is 0 Å². The Balaban J connectivity index is 5.54. The molecule has 0 aromatic heterocycles. The molecule has 0 saturated carbocycles. The molecule has 0 radical (unpaired) electrons. The molecule has 0 fully saturated rings. The van der Waals surface area contributed by atoms with Crippen molar-refractivity contribution in [3.8, 4) is 0 Å². The van der Waals surface area contributed by atoms with Crippen molar-refractivity contribution in [1.29, 1.82) is 0 Å². The van der Waals surface area contributed by atoms with Crippen LogP contribution in [0.4, 0.5) is 0 Å². The van der Waals surface area contributed by atoms with Crippen molar-refractivity contribution in [3.05, 3.63) is 11.1 Å². The average molecular weight is 312 g/mol. The minimum Gasteiger partial charge on any atom is -0.462 e. The van der Waals surface area contributed by atoms with Crippen LogP contribution < -0.4 is 0 Å². The lowest BCUT2D eigenvalue weighted by Gasteiger charge is -2.22. The second-order valence-electron chi connectivity index (χ2n) is 6.72. The van der Waals surface area contributed by atoms with Crippen LogP contribution in [0.1, 0.15) is 73.6 Å². The standard InChI is InChI=1S/C18H32O4/c1-7-10-14(16(19)21-11-8-2)15(13-18(4,5)6)17(20)22-12-9-3/h7-13H2,1-6H3. The molecule has 0 aliphatic heterocycles. The molecule has 0 unspecified atom stereocenters. The third-order valence-electron chi connectivity index (χ3n) is 2.94. The fourth-order valence-electron chi connectivity index (χ4n) is 2.02. The van der Waals surface area contributed by atoms with Crippen LogP contribution in [-0.2, 0) is 19.1 Å². The predicted molar refractivity (Wildman–Crippen MR) is 88.5 cm³/mol. The Kier molecular flexibility index (Phi) is 9.79. The Hall–Kier alpha value is -1.32. The van der Waals surface area contributed by atoms with Gasteiger partial charge in [-0.1, -0.05) is 48.0 Å². The van der Waals surface area contributed by atoms with Gasteiger partial charge in [-0.2, -0.15) is 0 Å². The third kappa shape index (κ3) is 8.20. The molecule has 0 aromatic rings. The van der Waals surface area contributed by atoms with Crippen LogP contribution >= 0.6 is 0 Å². The maximum absolute atomic E-state index is 12.4. The number of hydrogen-bond acceptors (Lipinski definition) is 4. The molecule has 0 aliphatic rings. The molecule has 0 bridgehead atoms. The average Bonchev–Trinajstić information content (AvgIpc) is 2.44. The quantitative estimate of drug-likeness (QED) is 0.467. The largest absolute Gasteiger partial charge is 0.462 e. The maximum Gasteiger partial charge on any atom is 0.334 e. The van der Waals surface area contributed by atoms with E-state index >= 15 is 0 Å². The summed E-state index contributed by atoms with van der Waals surface area (Å²) in [5, 5.41) is 0. The molecule has 4 heteroatoms. The van der Waals surface area contributed by atoms with Crippen molar-refractivity contribution < 1.29 is 19.1 Å². The highest BCUT2D eigenvalue weighted by atomic mass is 16.5. The summed E-state index contributed by atoms with van der Waals surface area (Å²) < 4.78 is 10.5. The molecule has 0 aromatic carbocycles. The molecule has 0 aliphatic carbocycles. The van der Waals surface area contributed by atoms with E-state index in [2.05, 4.69) is 0 Å². The van der Waals surface area contributed by atoms with Gasteiger partial charge in [0.05, 0.1) is 13.2 Å². The van der Waals surface area contributed by atoms with Crippen LogP contribution in [0, 0.1) is 5.41 Å². The van der Waals surface area contributed by atoms with E-state index in [1.807, 2.05) is 41.5 Å². The Bertz CT molecular complexity index is 388. The second kappa shape index (κ2) is 10.4. The topological polar surface area (TPSA) is 52.6 Å². The van der Waals surface area contributed by atoms with Gasteiger partial charge in [0.2, 0.25) is 0 Å². The summed E-state index contributed by atoms with van der Waals surface area (Å²) in [6.45, 7) is 12.8. The van der Waals surface area contributed by atoms with Crippen molar-refractivity contribution in [2.24, 2.45) is 5.41 Å². The molecule has 0 saturated heterocycles. The monoisotopic (exact) mass is 312 g/mol. The van der Waals surface area contributed by atoms with Gasteiger partial charge in [-0.25, -0.2) is 9.59 Å². The van der Waals surface area contributed by atoms with Gasteiger partial charge in [-0.05, 0) is 31.1 Å².